The average Bonchev–Trinajstić information content (AvgIpc) is 3.63. The molecule has 9 nitrogen and oxygen atoms in total. The summed E-state index contributed by atoms with van der Waals surface area (Å²) in [4.78, 5) is 19.2. The van der Waals surface area contributed by atoms with Crippen LogP contribution in [0.1, 0.15) is 24.8 Å². The first-order chi connectivity index (χ1) is 20.1. The standard InChI is InChI=1S/C31H29FN8O/c32-27-22(20-16-21(18-33-17-20)35-25(41)15-19-7-3-1-4-8-19)9-10-23-26(27)29(39-38-23)31-36-28-24(11-12-34-30(28)37-31)40-13-5-2-6-14-40/h1,3-4,7-12,16-18,25,35,41H,2,5-6,13-15H2,(H,38,39)(H,34,36,37). The number of nitrogens with zero attached hydrogens (tertiary/aromatic N) is 5. The number of piperidine rings is 1. The molecule has 1 aliphatic rings. The smallest absolute Gasteiger partial charge is 0.180 e. The Hall–Kier alpha value is -4.83. The van der Waals surface area contributed by atoms with Crippen LogP contribution in [0.3, 0.4) is 0 Å². The molecule has 0 radical (unpaired) electrons. The van der Waals surface area contributed by atoms with Crippen molar-refractivity contribution in [2.75, 3.05) is 23.3 Å². The van der Waals surface area contributed by atoms with Gasteiger partial charge in [0.2, 0.25) is 0 Å². The topological polar surface area (TPSA) is 119 Å². The summed E-state index contributed by atoms with van der Waals surface area (Å²) in [5.74, 6) is 0.0246. The Labute approximate surface area is 235 Å². The minimum atomic E-state index is -0.821. The lowest BCUT2D eigenvalue weighted by Gasteiger charge is -2.28. The number of H-pyrrole nitrogens is 2. The predicted octanol–water partition coefficient (Wildman–Crippen LogP) is 5.67. The van der Waals surface area contributed by atoms with E-state index in [1.807, 2.05) is 36.4 Å². The van der Waals surface area contributed by atoms with E-state index in [0.717, 1.165) is 42.7 Å². The zero-order valence-electron chi connectivity index (χ0n) is 22.3. The molecule has 0 amide bonds. The molecule has 4 aromatic heterocycles. The number of hydrogen-bond acceptors (Lipinski definition) is 7. The second-order valence-corrected chi connectivity index (χ2v) is 10.4. The Bertz CT molecular complexity index is 1830. The number of nitrogens with one attached hydrogen (secondary N) is 3. The molecule has 0 aliphatic carbocycles. The Kier molecular flexibility index (Phi) is 6.52. The number of hydrogen-bond donors (Lipinski definition) is 4. The van der Waals surface area contributed by atoms with Crippen LogP contribution in [0.4, 0.5) is 15.8 Å². The third-order valence-electron chi connectivity index (χ3n) is 7.61. The van der Waals surface area contributed by atoms with E-state index in [4.69, 9.17) is 4.98 Å². The van der Waals surface area contributed by atoms with Crippen molar-refractivity contribution in [1.82, 2.24) is 30.1 Å². The van der Waals surface area contributed by atoms with Crippen molar-refractivity contribution >= 4 is 33.4 Å². The molecule has 206 valence electrons. The van der Waals surface area contributed by atoms with Gasteiger partial charge in [-0.2, -0.15) is 5.10 Å². The van der Waals surface area contributed by atoms with Gasteiger partial charge in [-0.15, -0.1) is 0 Å². The molecule has 0 saturated carbocycles. The second kappa shape index (κ2) is 10.6. The number of halogens is 1. The monoisotopic (exact) mass is 548 g/mol. The van der Waals surface area contributed by atoms with Crippen LogP contribution < -0.4 is 10.2 Å². The summed E-state index contributed by atoms with van der Waals surface area (Å²) in [6.07, 6.45) is 8.13. The summed E-state index contributed by atoms with van der Waals surface area (Å²) in [5.41, 5.74) is 5.95. The second-order valence-electron chi connectivity index (χ2n) is 10.4. The third kappa shape index (κ3) is 4.87. The van der Waals surface area contributed by atoms with E-state index in [-0.39, 0.29) is 0 Å². The van der Waals surface area contributed by atoms with E-state index in [1.54, 1.807) is 36.8 Å². The first kappa shape index (κ1) is 25.2. The van der Waals surface area contributed by atoms with Crippen LogP contribution in [0, 0.1) is 5.82 Å². The predicted molar refractivity (Wildman–Crippen MR) is 158 cm³/mol. The van der Waals surface area contributed by atoms with Gasteiger partial charge < -0.3 is 20.3 Å². The lowest BCUT2D eigenvalue weighted by Crippen LogP contribution is -2.29. The van der Waals surface area contributed by atoms with E-state index >= 15 is 4.39 Å². The van der Waals surface area contributed by atoms with E-state index < -0.39 is 12.0 Å². The first-order valence-corrected chi connectivity index (χ1v) is 13.8. The van der Waals surface area contributed by atoms with Crippen LogP contribution in [0.25, 0.3) is 44.7 Å². The number of aromatic amines is 2. The molecular weight excluding hydrogens is 519 g/mol. The molecule has 10 heteroatoms. The molecule has 6 aromatic rings. The van der Waals surface area contributed by atoms with Gasteiger partial charge in [-0.1, -0.05) is 30.3 Å². The van der Waals surface area contributed by atoms with Gasteiger partial charge in [-0.3, -0.25) is 10.1 Å². The van der Waals surface area contributed by atoms with Crippen molar-refractivity contribution in [3.8, 4) is 22.6 Å². The number of imidazole rings is 1. The van der Waals surface area contributed by atoms with Gasteiger partial charge in [0.15, 0.2) is 11.5 Å². The molecule has 1 aliphatic heterocycles. The number of aromatic nitrogens is 6. The number of fused-ring (bicyclic) bond motifs is 2. The molecule has 0 spiro atoms. The van der Waals surface area contributed by atoms with E-state index in [0.29, 0.717) is 51.3 Å². The van der Waals surface area contributed by atoms with Crippen LogP contribution in [0.15, 0.2) is 73.2 Å². The maximum Gasteiger partial charge on any atom is 0.180 e. The zero-order valence-corrected chi connectivity index (χ0v) is 22.3. The van der Waals surface area contributed by atoms with Crippen molar-refractivity contribution in [3.05, 3.63) is 84.6 Å². The molecule has 1 unspecified atom stereocenters. The minimum Gasteiger partial charge on any atom is -0.373 e. The lowest BCUT2D eigenvalue weighted by molar-refractivity contribution is 0.204. The summed E-state index contributed by atoms with van der Waals surface area (Å²) >= 11 is 0. The quantitative estimate of drug-likeness (QED) is 0.190. The molecular formula is C31H29FN8O. The largest absolute Gasteiger partial charge is 0.373 e. The van der Waals surface area contributed by atoms with E-state index in [9.17, 15) is 5.11 Å². The van der Waals surface area contributed by atoms with E-state index in [1.165, 1.54) is 6.42 Å². The highest BCUT2D eigenvalue weighted by Crippen LogP contribution is 2.35. The van der Waals surface area contributed by atoms with Crippen LogP contribution in [0.5, 0.6) is 0 Å². The van der Waals surface area contributed by atoms with Crippen LogP contribution in [-0.4, -0.2) is 54.6 Å². The Morgan fingerprint density at radius 2 is 1.88 bits per heavy atom. The summed E-state index contributed by atoms with van der Waals surface area (Å²) in [6, 6.07) is 17.0. The highest BCUT2D eigenvalue weighted by atomic mass is 19.1. The van der Waals surface area contributed by atoms with Crippen molar-refractivity contribution in [2.24, 2.45) is 0 Å². The average molecular weight is 549 g/mol. The number of benzene rings is 2. The van der Waals surface area contributed by atoms with Crippen molar-refractivity contribution in [3.63, 3.8) is 0 Å². The van der Waals surface area contributed by atoms with Crippen LogP contribution >= 0.6 is 0 Å². The minimum absolute atomic E-state index is 0.337. The lowest BCUT2D eigenvalue weighted by atomic mass is 10.0. The van der Waals surface area contributed by atoms with Crippen molar-refractivity contribution < 1.29 is 9.50 Å². The maximum atomic E-state index is 16.2. The molecule has 4 N–H and O–H groups in total. The fourth-order valence-electron chi connectivity index (χ4n) is 5.62. The summed E-state index contributed by atoms with van der Waals surface area (Å²) in [6.45, 7) is 1.98. The molecule has 1 fully saturated rings. The molecule has 41 heavy (non-hydrogen) atoms. The molecule has 5 heterocycles. The third-order valence-corrected chi connectivity index (χ3v) is 7.61. The van der Waals surface area contributed by atoms with Gasteiger partial charge in [-0.05, 0) is 49.1 Å². The summed E-state index contributed by atoms with van der Waals surface area (Å²) in [5, 5.41) is 21.3. The molecule has 2 aromatic carbocycles. The van der Waals surface area contributed by atoms with Crippen LogP contribution in [0.2, 0.25) is 0 Å². The molecule has 7 rings (SSSR count). The van der Waals surface area contributed by atoms with Crippen molar-refractivity contribution in [2.45, 2.75) is 31.9 Å². The highest BCUT2D eigenvalue weighted by Gasteiger charge is 2.22. The number of rotatable bonds is 7. The number of aliphatic hydroxyl groups excluding tert-OH is 1. The van der Waals surface area contributed by atoms with Crippen LogP contribution in [-0.2, 0) is 6.42 Å². The fraction of sp³-hybridized carbons (Fsp3) is 0.226. The summed E-state index contributed by atoms with van der Waals surface area (Å²) in [7, 11) is 0. The molecule has 1 saturated heterocycles. The van der Waals surface area contributed by atoms with Gasteiger partial charge >= 0.3 is 0 Å². The Morgan fingerprint density at radius 1 is 1.02 bits per heavy atom. The summed E-state index contributed by atoms with van der Waals surface area (Å²) < 4.78 is 16.2. The number of aliphatic hydroxyl groups is 1. The zero-order chi connectivity index (χ0) is 27.8. The molecule has 0 bridgehead atoms. The SMILES string of the molecule is OC(Cc1ccccc1)Nc1cncc(-c2ccc3[nH]nc(-c4nc5nccc(N6CCCCC6)c5[nH]4)c3c2F)c1. The van der Waals surface area contributed by atoms with E-state index in [2.05, 4.69) is 35.4 Å². The Balaban J connectivity index is 1.22. The molecule has 1 atom stereocenters. The van der Waals surface area contributed by atoms with Gasteiger partial charge in [0.05, 0.1) is 28.5 Å². The highest BCUT2D eigenvalue weighted by molar-refractivity contribution is 5.97. The fourth-order valence-corrected chi connectivity index (χ4v) is 5.62. The Morgan fingerprint density at radius 3 is 2.73 bits per heavy atom. The van der Waals surface area contributed by atoms with Gasteiger partial charge in [0, 0.05) is 43.0 Å². The number of pyridine rings is 2. The van der Waals surface area contributed by atoms with Gasteiger partial charge in [0.1, 0.15) is 23.3 Å². The van der Waals surface area contributed by atoms with Crippen molar-refractivity contribution in [1.29, 1.82) is 0 Å². The van der Waals surface area contributed by atoms with Gasteiger partial charge in [-0.25, -0.2) is 14.4 Å². The first-order valence-electron chi connectivity index (χ1n) is 13.8. The maximum absolute atomic E-state index is 16.2. The number of anilines is 2. The normalized spacial score (nSPS) is 14.5. The van der Waals surface area contributed by atoms with Gasteiger partial charge in [0.25, 0.3) is 0 Å².